The minimum Gasteiger partial charge on any atom is -0.494 e. The molecule has 4 rings (SSSR count). The van der Waals surface area contributed by atoms with Gasteiger partial charge in [0.2, 0.25) is 5.91 Å². The molecule has 2 aliphatic heterocycles. The van der Waals surface area contributed by atoms with Gasteiger partial charge in [-0.15, -0.1) is 11.3 Å². The highest BCUT2D eigenvalue weighted by molar-refractivity contribution is 7.13. The SMILES string of the molecule is CCOc1ccc(-c2nc(C(=O)N3CCC(C(=O)N4CCCC4)CC3)cs2)cc1. The third-order valence-corrected chi connectivity index (χ3v) is 6.58. The number of hydrogen-bond donors (Lipinski definition) is 0. The van der Waals surface area contributed by atoms with Crippen molar-refractivity contribution in [3.8, 4) is 16.3 Å². The van der Waals surface area contributed by atoms with Gasteiger partial charge in [-0.3, -0.25) is 9.59 Å². The Morgan fingerprint density at radius 2 is 1.76 bits per heavy atom. The lowest BCUT2D eigenvalue weighted by Gasteiger charge is -2.32. The minimum absolute atomic E-state index is 0.0366. The first-order valence-electron chi connectivity index (χ1n) is 10.4. The number of hydrogen-bond acceptors (Lipinski definition) is 5. The molecule has 1 aromatic heterocycles. The fraction of sp³-hybridized carbons (Fsp3) is 0.500. The van der Waals surface area contributed by atoms with Crippen molar-refractivity contribution in [2.75, 3.05) is 32.8 Å². The van der Waals surface area contributed by atoms with E-state index >= 15 is 0 Å². The molecule has 2 aliphatic rings. The Hall–Kier alpha value is -2.41. The molecule has 0 radical (unpaired) electrons. The van der Waals surface area contributed by atoms with E-state index in [-0.39, 0.29) is 17.7 Å². The van der Waals surface area contributed by atoms with Crippen molar-refractivity contribution in [2.45, 2.75) is 32.6 Å². The van der Waals surface area contributed by atoms with Crippen molar-refractivity contribution in [1.82, 2.24) is 14.8 Å². The average molecular weight is 414 g/mol. The number of carbonyl (C=O) groups is 2. The highest BCUT2D eigenvalue weighted by atomic mass is 32.1. The molecule has 2 aromatic rings. The molecule has 3 heterocycles. The highest BCUT2D eigenvalue weighted by Gasteiger charge is 2.32. The molecule has 1 aromatic carbocycles. The lowest BCUT2D eigenvalue weighted by atomic mass is 9.95. The van der Waals surface area contributed by atoms with Crippen LogP contribution in [0.3, 0.4) is 0 Å². The highest BCUT2D eigenvalue weighted by Crippen LogP contribution is 2.28. The average Bonchev–Trinajstić information content (AvgIpc) is 3.46. The summed E-state index contributed by atoms with van der Waals surface area (Å²) in [5.74, 6) is 1.13. The summed E-state index contributed by atoms with van der Waals surface area (Å²) in [7, 11) is 0. The van der Waals surface area contributed by atoms with Crippen LogP contribution in [-0.4, -0.2) is 59.4 Å². The topological polar surface area (TPSA) is 62.7 Å². The van der Waals surface area contributed by atoms with E-state index in [9.17, 15) is 9.59 Å². The zero-order chi connectivity index (χ0) is 20.2. The van der Waals surface area contributed by atoms with Gasteiger partial charge in [0.25, 0.3) is 5.91 Å². The number of piperidine rings is 1. The van der Waals surface area contributed by atoms with Gasteiger partial charge in [0.1, 0.15) is 16.5 Å². The van der Waals surface area contributed by atoms with Gasteiger partial charge in [-0.1, -0.05) is 0 Å². The Morgan fingerprint density at radius 1 is 1.07 bits per heavy atom. The molecular formula is C22H27N3O3S. The summed E-state index contributed by atoms with van der Waals surface area (Å²) in [6, 6.07) is 7.77. The van der Waals surface area contributed by atoms with E-state index in [4.69, 9.17) is 4.74 Å². The van der Waals surface area contributed by atoms with Crippen LogP contribution in [0, 0.1) is 5.92 Å². The van der Waals surface area contributed by atoms with Gasteiger partial charge >= 0.3 is 0 Å². The van der Waals surface area contributed by atoms with E-state index in [1.165, 1.54) is 11.3 Å². The first-order chi connectivity index (χ1) is 14.2. The molecular weight excluding hydrogens is 386 g/mol. The molecule has 0 saturated carbocycles. The molecule has 2 fully saturated rings. The van der Waals surface area contributed by atoms with Crippen molar-refractivity contribution < 1.29 is 14.3 Å². The fourth-order valence-corrected chi connectivity index (χ4v) is 4.85. The molecule has 7 heteroatoms. The van der Waals surface area contributed by atoms with Gasteiger partial charge in [0.15, 0.2) is 0 Å². The minimum atomic E-state index is -0.0366. The van der Waals surface area contributed by atoms with Gasteiger partial charge in [-0.05, 0) is 56.9 Å². The summed E-state index contributed by atoms with van der Waals surface area (Å²) in [4.78, 5) is 33.8. The maximum atomic E-state index is 12.9. The molecule has 2 saturated heterocycles. The number of likely N-dealkylation sites (tertiary alicyclic amines) is 2. The van der Waals surface area contributed by atoms with Crippen molar-refractivity contribution in [3.05, 3.63) is 35.3 Å². The van der Waals surface area contributed by atoms with Crippen LogP contribution in [0.1, 0.15) is 43.1 Å². The van der Waals surface area contributed by atoms with Gasteiger partial charge in [0.05, 0.1) is 6.61 Å². The van der Waals surface area contributed by atoms with Gasteiger partial charge in [0, 0.05) is 43.0 Å². The van der Waals surface area contributed by atoms with Crippen molar-refractivity contribution in [1.29, 1.82) is 0 Å². The van der Waals surface area contributed by atoms with Crippen molar-refractivity contribution in [3.63, 3.8) is 0 Å². The maximum Gasteiger partial charge on any atom is 0.273 e. The summed E-state index contributed by atoms with van der Waals surface area (Å²) in [5, 5.41) is 2.66. The Morgan fingerprint density at radius 3 is 2.41 bits per heavy atom. The van der Waals surface area contributed by atoms with Crippen LogP contribution in [0.2, 0.25) is 0 Å². The predicted octanol–water partition coefficient (Wildman–Crippen LogP) is 3.68. The molecule has 154 valence electrons. The van der Waals surface area contributed by atoms with Gasteiger partial charge in [-0.2, -0.15) is 0 Å². The summed E-state index contributed by atoms with van der Waals surface area (Å²) < 4.78 is 5.47. The Kier molecular flexibility index (Phi) is 6.13. The smallest absolute Gasteiger partial charge is 0.273 e. The lowest BCUT2D eigenvalue weighted by Crippen LogP contribution is -2.43. The summed E-state index contributed by atoms with van der Waals surface area (Å²) in [6.45, 7) is 5.63. The second-order valence-electron chi connectivity index (χ2n) is 7.59. The fourth-order valence-electron chi connectivity index (χ4n) is 4.05. The molecule has 0 spiro atoms. The van der Waals surface area contributed by atoms with Crippen LogP contribution in [0.15, 0.2) is 29.6 Å². The number of carbonyl (C=O) groups excluding carboxylic acids is 2. The van der Waals surface area contributed by atoms with Crippen LogP contribution in [-0.2, 0) is 4.79 Å². The van der Waals surface area contributed by atoms with E-state index in [0.717, 1.165) is 55.1 Å². The van der Waals surface area contributed by atoms with Crippen LogP contribution >= 0.6 is 11.3 Å². The van der Waals surface area contributed by atoms with Crippen LogP contribution in [0.4, 0.5) is 0 Å². The van der Waals surface area contributed by atoms with E-state index < -0.39 is 0 Å². The van der Waals surface area contributed by atoms with Crippen LogP contribution in [0.25, 0.3) is 10.6 Å². The van der Waals surface area contributed by atoms with E-state index in [1.54, 1.807) is 0 Å². The van der Waals surface area contributed by atoms with Crippen LogP contribution < -0.4 is 4.74 Å². The summed E-state index contributed by atoms with van der Waals surface area (Å²) in [5.41, 5.74) is 1.47. The Balaban J connectivity index is 1.35. The largest absolute Gasteiger partial charge is 0.494 e. The molecule has 0 aliphatic carbocycles. The zero-order valence-corrected chi connectivity index (χ0v) is 17.6. The van der Waals surface area contributed by atoms with Crippen molar-refractivity contribution >= 4 is 23.2 Å². The molecule has 0 unspecified atom stereocenters. The number of ether oxygens (including phenoxy) is 1. The number of amides is 2. The Bertz CT molecular complexity index is 850. The van der Waals surface area contributed by atoms with Crippen molar-refractivity contribution in [2.24, 2.45) is 5.92 Å². The first kappa shape index (κ1) is 19.9. The maximum absolute atomic E-state index is 12.9. The molecule has 0 bridgehead atoms. The normalized spacial score (nSPS) is 17.6. The zero-order valence-electron chi connectivity index (χ0n) is 16.8. The van der Waals surface area contributed by atoms with Gasteiger partial charge < -0.3 is 14.5 Å². The standard InChI is InChI=1S/C22H27N3O3S/c1-2-28-18-7-5-16(6-8-18)20-23-19(15-29-20)22(27)25-13-9-17(10-14-25)21(26)24-11-3-4-12-24/h5-8,15,17H,2-4,9-14H2,1H3. The third-order valence-electron chi connectivity index (χ3n) is 5.68. The van der Waals surface area contributed by atoms with Crippen LogP contribution in [0.5, 0.6) is 5.75 Å². The van der Waals surface area contributed by atoms with E-state index in [1.807, 2.05) is 46.4 Å². The van der Waals surface area contributed by atoms with E-state index in [0.29, 0.717) is 25.4 Å². The second-order valence-corrected chi connectivity index (χ2v) is 8.45. The number of rotatable bonds is 5. The molecule has 29 heavy (non-hydrogen) atoms. The molecule has 6 nitrogen and oxygen atoms in total. The predicted molar refractivity (Wildman–Crippen MR) is 113 cm³/mol. The molecule has 0 N–H and O–H groups in total. The number of thiazole rings is 1. The molecule has 2 amide bonds. The summed E-state index contributed by atoms with van der Waals surface area (Å²) in [6.07, 6.45) is 3.72. The quantitative estimate of drug-likeness (QED) is 0.750. The Labute approximate surface area is 175 Å². The monoisotopic (exact) mass is 413 g/mol. The summed E-state index contributed by atoms with van der Waals surface area (Å²) >= 11 is 1.48. The first-order valence-corrected chi connectivity index (χ1v) is 11.3. The third kappa shape index (κ3) is 4.45. The number of nitrogens with zero attached hydrogens (tertiary/aromatic N) is 3. The number of benzene rings is 1. The second kappa shape index (κ2) is 8.95. The van der Waals surface area contributed by atoms with E-state index in [2.05, 4.69) is 4.98 Å². The lowest BCUT2D eigenvalue weighted by molar-refractivity contribution is -0.135. The molecule has 0 atom stereocenters. The van der Waals surface area contributed by atoms with Gasteiger partial charge in [-0.25, -0.2) is 4.98 Å². The number of aromatic nitrogens is 1.